The van der Waals surface area contributed by atoms with Crippen LogP contribution in [0.15, 0.2) is 192 Å². The van der Waals surface area contributed by atoms with Gasteiger partial charge in [0.25, 0.3) is 0 Å². The molecule has 12 rings (SSSR count). The molecule has 3 unspecified atom stereocenters. The lowest BCUT2D eigenvalue weighted by Gasteiger charge is -2.28. The van der Waals surface area contributed by atoms with Crippen LogP contribution in [0.4, 0.5) is 11.4 Å². The van der Waals surface area contributed by atoms with Crippen molar-refractivity contribution >= 4 is 86.1 Å². The summed E-state index contributed by atoms with van der Waals surface area (Å²) in [6.07, 6.45) is 8.83. The van der Waals surface area contributed by atoms with E-state index in [0.29, 0.717) is 5.92 Å². The molecule has 270 valence electrons. The minimum absolute atomic E-state index is 0.244. The molecular formula is C51H34N4S2. The van der Waals surface area contributed by atoms with Crippen molar-refractivity contribution in [3.8, 4) is 11.1 Å². The predicted molar refractivity (Wildman–Crippen MR) is 243 cm³/mol. The van der Waals surface area contributed by atoms with Gasteiger partial charge >= 0.3 is 0 Å². The third kappa shape index (κ3) is 5.25. The summed E-state index contributed by atoms with van der Waals surface area (Å²) in [7, 11) is 0. The van der Waals surface area contributed by atoms with E-state index in [2.05, 4.69) is 180 Å². The molecule has 2 aromatic heterocycles. The Kier molecular flexibility index (Phi) is 7.43. The van der Waals surface area contributed by atoms with Crippen LogP contribution in [0.5, 0.6) is 0 Å². The summed E-state index contributed by atoms with van der Waals surface area (Å²) < 4.78 is 5.08. The van der Waals surface area contributed by atoms with E-state index < -0.39 is 0 Å². The zero-order valence-corrected chi connectivity index (χ0v) is 32.3. The van der Waals surface area contributed by atoms with Gasteiger partial charge in [0.15, 0.2) is 5.84 Å². The number of nitrogens with zero attached hydrogens (tertiary/aromatic N) is 3. The van der Waals surface area contributed by atoms with Crippen LogP contribution in [0.2, 0.25) is 0 Å². The molecule has 0 fully saturated rings. The zero-order valence-electron chi connectivity index (χ0n) is 30.7. The van der Waals surface area contributed by atoms with Crippen LogP contribution >= 0.6 is 22.7 Å². The molecular weight excluding hydrogens is 733 g/mol. The molecule has 0 bridgehead atoms. The minimum Gasteiger partial charge on any atom is -0.344 e. The Morgan fingerprint density at radius 2 is 1.33 bits per heavy atom. The molecule has 4 nitrogen and oxygen atoms in total. The highest BCUT2D eigenvalue weighted by atomic mass is 32.1. The summed E-state index contributed by atoms with van der Waals surface area (Å²) in [4.78, 5) is 12.9. The number of fused-ring (bicyclic) bond motifs is 9. The predicted octanol–water partition coefficient (Wildman–Crippen LogP) is 13.3. The van der Waals surface area contributed by atoms with Gasteiger partial charge in [0.2, 0.25) is 0 Å². The van der Waals surface area contributed by atoms with E-state index in [-0.39, 0.29) is 12.2 Å². The molecule has 1 N–H and O–H groups in total. The maximum Gasteiger partial charge on any atom is 0.160 e. The van der Waals surface area contributed by atoms with Crippen LogP contribution in [0.25, 0.3) is 51.5 Å². The largest absolute Gasteiger partial charge is 0.344 e. The van der Waals surface area contributed by atoms with Crippen molar-refractivity contribution in [2.24, 2.45) is 9.98 Å². The van der Waals surface area contributed by atoms with E-state index in [9.17, 15) is 0 Å². The lowest BCUT2D eigenvalue weighted by molar-refractivity contribution is 0.674. The fourth-order valence-corrected chi connectivity index (χ4v) is 11.5. The first-order valence-corrected chi connectivity index (χ1v) is 21.1. The molecule has 0 saturated heterocycles. The smallest absolute Gasteiger partial charge is 0.160 e. The second kappa shape index (κ2) is 13.0. The number of benzene rings is 7. The highest BCUT2D eigenvalue weighted by Crippen LogP contribution is 2.49. The molecule has 1 aliphatic carbocycles. The number of amidine groups is 2. The summed E-state index contributed by atoms with van der Waals surface area (Å²) in [6.45, 7) is 0. The molecule has 3 atom stereocenters. The Balaban J connectivity index is 0.957. The summed E-state index contributed by atoms with van der Waals surface area (Å²) in [5.41, 5.74) is 9.64. The van der Waals surface area contributed by atoms with Crippen molar-refractivity contribution in [3.05, 3.63) is 204 Å². The summed E-state index contributed by atoms with van der Waals surface area (Å²) in [5, 5.41) is 8.72. The zero-order chi connectivity index (χ0) is 37.5. The number of nitrogens with one attached hydrogen (secondary N) is 1. The van der Waals surface area contributed by atoms with Crippen LogP contribution in [0, 0.1) is 0 Å². The quantitative estimate of drug-likeness (QED) is 0.189. The molecule has 0 saturated carbocycles. The van der Waals surface area contributed by atoms with Crippen LogP contribution in [0.3, 0.4) is 0 Å². The lowest BCUT2D eigenvalue weighted by atomic mass is 9.91. The van der Waals surface area contributed by atoms with Gasteiger partial charge in [-0.1, -0.05) is 146 Å². The standard InChI is InChI=1S/C51H34N4S2/c1-3-13-31(14-4-1)49-52-50(32-15-5-2-6-16-32)54-51(53-49)41-21-11-20-39-38-27-25-33(29-45(38)57-48(39)41)35-19-12-24-44-47(35)40-28-26-34(30-46(40)56-44)55-42-22-9-7-17-36(42)37-18-8-10-23-43(37)55/h1-30,36,42,49H,(H,52,53,54). The van der Waals surface area contributed by atoms with E-state index in [1.165, 1.54) is 68.4 Å². The second-order valence-corrected chi connectivity index (χ2v) is 17.0. The number of aliphatic imine (C=N–C) groups is 2. The summed E-state index contributed by atoms with van der Waals surface area (Å²) in [5.74, 6) is 1.95. The number of allylic oxidation sites excluding steroid dienone is 2. The van der Waals surface area contributed by atoms with E-state index >= 15 is 0 Å². The van der Waals surface area contributed by atoms with Crippen LogP contribution in [-0.4, -0.2) is 17.7 Å². The molecule has 0 spiro atoms. The van der Waals surface area contributed by atoms with Gasteiger partial charge in [0.1, 0.15) is 12.0 Å². The first-order chi connectivity index (χ1) is 28.2. The molecule has 2 aliphatic heterocycles. The number of para-hydroxylation sites is 1. The topological polar surface area (TPSA) is 40.0 Å². The molecule has 57 heavy (non-hydrogen) atoms. The molecule has 3 aliphatic rings. The Morgan fingerprint density at radius 1 is 0.561 bits per heavy atom. The van der Waals surface area contributed by atoms with Crippen LogP contribution in [-0.2, 0) is 0 Å². The van der Waals surface area contributed by atoms with Crippen molar-refractivity contribution < 1.29 is 0 Å². The summed E-state index contributed by atoms with van der Waals surface area (Å²) >= 11 is 3.72. The summed E-state index contributed by atoms with van der Waals surface area (Å²) in [6, 6.07) is 57.3. The molecule has 4 heterocycles. The normalized spacial score (nSPS) is 18.5. The second-order valence-electron chi connectivity index (χ2n) is 14.9. The number of anilines is 2. The average Bonchev–Trinajstić information content (AvgIpc) is 3.96. The van der Waals surface area contributed by atoms with Crippen LogP contribution in [0.1, 0.15) is 34.3 Å². The third-order valence-electron chi connectivity index (χ3n) is 11.7. The number of hydrogen-bond donors (Lipinski definition) is 1. The lowest BCUT2D eigenvalue weighted by Crippen LogP contribution is -2.33. The first-order valence-electron chi connectivity index (χ1n) is 19.4. The van der Waals surface area contributed by atoms with E-state index in [1.807, 2.05) is 34.8 Å². The SMILES string of the molecule is C1=CC2c3ccccc3N(c3ccc4c(c3)sc3cccc(-c5ccc6c(c5)sc5c(C7=NC(c8ccccc8)NC(c8ccccc8)=N7)cccc56)c34)C2C=C1. The van der Waals surface area contributed by atoms with E-state index in [0.717, 1.165) is 28.4 Å². The molecule has 7 aromatic carbocycles. The Hall–Kier alpha value is -6.60. The fourth-order valence-electron chi connectivity index (χ4n) is 9.06. The van der Waals surface area contributed by atoms with Crippen molar-refractivity contribution in [2.45, 2.75) is 18.1 Å². The maximum absolute atomic E-state index is 5.22. The number of hydrogen-bond acceptors (Lipinski definition) is 6. The monoisotopic (exact) mass is 766 g/mol. The Morgan fingerprint density at radius 3 is 2.25 bits per heavy atom. The Labute approximate surface area is 338 Å². The highest BCUT2D eigenvalue weighted by Gasteiger charge is 2.37. The van der Waals surface area contributed by atoms with Crippen molar-refractivity contribution in [1.82, 2.24) is 5.32 Å². The van der Waals surface area contributed by atoms with Crippen molar-refractivity contribution in [3.63, 3.8) is 0 Å². The van der Waals surface area contributed by atoms with Crippen molar-refractivity contribution in [2.75, 3.05) is 4.90 Å². The van der Waals surface area contributed by atoms with E-state index in [4.69, 9.17) is 9.98 Å². The number of rotatable bonds is 5. The number of thiophene rings is 2. The average molecular weight is 767 g/mol. The van der Waals surface area contributed by atoms with Gasteiger partial charge in [0, 0.05) is 68.8 Å². The molecule has 9 aromatic rings. The van der Waals surface area contributed by atoms with Gasteiger partial charge in [-0.25, -0.2) is 9.98 Å². The van der Waals surface area contributed by atoms with Gasteiger partial charge in [-0.2, -0.15) is 0 Å². The Bertz CT molecular complexity index is 3190. The first kappa shape index (κ1) is 32.6. The van der Waals surface area contributed by atoms with Gasteiger partial charge in [-0.3, -0.25) is 0 Å². The van der Waals surface area contributed by atoms with Crippen LogP contribution < -0.4 is 10.2 Å². The third-order valence-corrected chi connectivity index (χ3v) is 14.0. The van der Waals surface area contributed by atoms with E-state index in [1.54, 1.807) is 0 Å². The van der Waals surface area contributed by atoms with Gasteiger partial charge in [0.05, 0.1) is 6.04 Å². The fraction of sp³-hybridized carbons (Fsp3) is 0.0588. The van der Waals surface area contributed by atoms with Gasteiger partial charge < -0.3 is 10.2 Å². The highest BCUT2D eigenvalue weighted by molar-refractivity contribution is 7.26. The van der Waals surface area contributed by atoms with Crippen molar-refractivity contribution in [1.29, 1.82) is 0 Å². The molecule has 0 amide bonds. The molecule has 0 radical (unpaired) electrons. The molecule has 6 heteroatoms. The minimum atomic E-state index is -0.244. The maximum atomic E-state index is 5.22. The van der Waals surface area contributed by atoms with Gasteiger partial charge in [-0.15, -0.1) is 22.7 Å². The van der Waals surface area contributed by atoms with Gasteiger partial charge in [-0.05, 0) is 58.7 Å².